The largest absolute Gasteiger partial charge is 0.374 e. The summed E-state index contributed by atoms with van der Waals surface area (Å²) in [4.78, 5) is 0. The predicted molar refractivity (Wildman–Crippen MR) is 80.9 cm³/mol. The second-order valence-corrected chi connectivity index (χ2v) is 8.55. The van der Waals surface area contributed by atoms with Crippen molar-refractivity contribution >= 4 is 0 Å². The van der Waals surface area contributed by atoms with Gasteiger partial charge in [-0.15, -0.1) is 0 Å². The van der Waals surface area contributed by atoms with E-state index in [-0.39, 0.29) is 35.4 Å². The van der Waals surface area contributed by atoms with E-state index in [0.29, 0.717) is 19.8 Å². The molecule has 0 aromatic heterocycles. The molecule has 4 fully saturated rings. The molecule has 5 atom stereocenters. The van der Waals surface area contributed by atoms with Crippen LogP contribution in [0.1, 0.15) is 41.5 Å². The fourth-order valence-corrected chi connectivity index (χ4v) is 4.53. The maximum absolute atomic E-state index is 6.43. The summed E-state index contributed by atoms with van der Waals surface area (Å²) < 4.78 is 36.2. The van der Waals surface area contributed by atoms with Crippen LogP contribution in [0.2, 0.25) is 0 Å². The molecule has 6 heteroatoms. The second-order valence-electron chi connectivity index (χ2n) is 8.55. The molecule has 6 nitrogen and oxygen atoms in total. The Bertz CT molecular complexity index is 501. The second kappa shape index (κ2) is 4.68. The number of hydrogen-bond donors (Lipinski definition) is 0. The van der Waals surface area contributed by atoms with Gasteiger partial charge in [0, 0.05) is 0 Å². The monoisotopic (exact) mass is 328 g/mol. The Morgan fingerprint density at radius 1 is 0.783 bits per heavy atom. The molecule has 4 heterocycles. The maximum atomic E-state index is 6.43. The summed E-state index contributed by atoms with van der Waals surface area (Å²) in [6.07, 6.45) is -0.353. The van der Waals surface area contributed by atoms with E-state index in [1.807, 2.05) is 27.7 Å². The summed E-state index contributed by atoms with van der Waals surface area (Å²) in [7, 11) is 0. The highest BCUT2D eigenvalue weighted by Gasteiger charge is 2.74. The van der Waals surface area contributed by atoms with Crippen LogP contribution in [0.4, 0.5) is 0 Å². The van der Waals surface area contributed by atoms with Gasteiger partial charge in [0.2, 0.25) is 0 Å². The molecule has 4 aliphatic heterocycles. The molecule has 1 unspecified atom stereocenters. The van der Waals surface area contributed by atoms with Gasteiger partial charge in [0.15, 0.2) is 11.6 Å². The molecular formula is C17H28O6. The van der Waals surface area contributed by atoms with Crippen molar-refractivity contribution in [1.82, 2.24) is 0 Å². The molecule has 23 heavy (non-hydrogen) atoms. The smallest absolute Gasteiger partial charge is 0.163 e. The summed E-state index contributed by atoms with van der Waals surface area (Å²) in [5.41, 5.74) is -0.577. The average Bonchev–Trinajstić information content (AvgIpc) is 2.93. The molecule has 132 valence electrons. The highest BCUT2D eigenvalue weighted by atomic mass is 16.8. The Morgan fingerprint density at radius 3 is 1.91 bits per heavy atom. The van der Waals surface area contributed by atoms with E-state index in [0.717, 1.165) is 0 Å². The molecule has 4 rings (SSSR count). The molecule has 0 aromatic rings. The molecule has 0 N–H and O–H groups in total. The minimum Gasteiger partial charge on any atom is -0.374 e. The van der Waals surface area contributed by atoms with Gasteiger partial charge in [0.1, 0.15) is 12.2 Å². The van der Waals surface area contributed by atoms with Gasteiger partial charge >= 0.3 is 0 Å². The first-order valence-electron chi connectivity index (χ1n) is 8.49. The van der Waals surface area contributed by atoms with Gasteiger partial charge in [-0.2, -0.15) is 0 Å². The quantitative estimate of drug-likeness (QED) is 0.771. The topological polar surface area (TPSA) is 55.4 Å². The lowest BCUT2D eigenvalue weighted by molar-refractivity contribution is -0.258. The molecule has 0 aromatic carbocycles. The van der Waals surface area contributed by atoms with E-state index in [2.05, 4.69) is 13.8 Å². The molecule has 0 amide bonds. The summed E-state index contributed by atoms with van der Waals surface area (Å²) in [5.74, 6) is -1.12. The van der Waals surface area contributed by atoms with E-state index in [1.54, 1.807) is 0 Å². The van der Waals surface area contributed by atoms with Crippen LogP contribution < -0.4 is 0 Å². The Morgan fingerprint density at radius 2 is 1.43 bits per heavy atom. The molecular weight excluding hydrogens is 300 g/mol. The lowest BCUT2D eigenvalue weighted by Crippen LogP contribution is -2.67. The normalized spacial score (nSPS) is 49.8. The van der Waals surface area contributed by atoms with Crippen molar-refractivity contribution < 1.29 is 28.4 Å². The highest BCUT2D eigenvalue weighted by Crippen LogP contribution is 2.60. The maximum Gasteiger partial charge on any atom is 0.163 e. The summed E-state index contributed by atoms with van der Waals surface area (Å²) >= 11 is 0. The van der Waals surface area contributed by atoms with E-state index in [9.17, 15) is 0 Å². The van der Waals surface area contributed by atoms with Crippen molar-refractivity contribution in [3.8, 4) is 0 Å². The fraction of sp³-hybridized carbons (Fsp3) is 1.00. The lowest BCUT2D eigenvalue weighted by Gasteiger charge is -2.53. The van der Waals surface area contributed by atoms with Crippen molar-refractivity contribution in [2.24, 2.45) is 5.41 Å². The van der Waals surface area contributed by atoms with Crippen molar-refractivity contribution in [2.45, 2.75) is 83.1 Å². The van der Waals surface area contributed by atoms with Crippen LogP contribution in [0.5, 0.6) is 0 Å². The van der Waals surface area contributed by atoms with Gasteiger partial charge in [-0.1, -0.05) is 0 Å². The van der Waals surface area contributed by atoms with Crippen LogP contribution in [-0.4, -0.2) is 61.4 Å². The predicted octanol–water partition coefficient (Wildman–Crippen LogP) is 1.85. The van der Waals surface area contributed by atoms with Crippen molar-refractivity contribution in [2.75, 3.05) is 19.8 Å². The van der Waals surface area contributed by atoms with Crippen LogP contribution in [0.3, 0.4) is 0 Å². The SMILES string of the molecule is CC1(C)OC[C@@H]([C@@H]2OC(C)(C)C3([C@@H]4COC(C)(C)O4)CO[C@H]23)O1. The van der Waals surface area contributed by atoms with Crippen LogP contribution in [-0.2, 0) is 28.4 Å². The zero-order valence-electron chi connectivity index (χ0n) is 14.9. The van der Waals surface area contributed by atoms with Crippen molar-refractivity contribution in [3.63, 3.8) is 0 Å². The van der Waals surface area contributed by atoms with Crippen LogP contribution in [0.15, 0.2) is 0 Å². The first-order chi connectivity index (χ1) is 10.6. The van der Waals surface area contributed by atoms with E-state index < -0.39 is 11.6 Å². The molecule has 0 spiro atoms. The Balaban J connectivity index is 1.59. The lowest BCUT2D eigenvalue weighted by atomic mass is 9.63. The number of rotatable bonds is 2. The van der Waals surface area contributed by atoms with Gasteiger partial charge < -0.3 is 28.4 Å². The minimum absolute atomic E-state index is 0.0356. The first kappa shape index (κ1) is 16.2. The average molecular weight is 328 g/mol. The minimum atomic E-state index is -0.567. The molecule has 4 aliphatic rings. The van der Waals surface area contributed by atoms with Crippen molar-refractivity contribution in [3.05, 3.63) is 0 Å². The zero-order valence-corrected chi connectivity index (χ0v) is 14.9. The third kappa shape index (κ3) is 2.23. The number of hydrogen-bond acceptors (Lipinski definition) is 6. The standard InChI is InChI=1S/C17H28O6/c1-14(2)17(11-8-20-16(5,6)22-11)9-18-13(17)12(23-14)10-7-19-15(3,4)21-10/h10-13H,7-9H2,1-6H3/t10-,11-,12-,13+,17?/m0/s1. The zero-order chi connectivity index (χ0) is 16.7. The summed E-state index contributed by atoms with van der Waals surface area (Å²) in [6.45, 7) is 13.7. The van der Waals surface area contributed by atoms with Gasteiger partial charge in [-0.3, -0.25) is 0 Å². The first-order valence-corrected chi connectivity index (χ1v) is 8.49. The third-order valence-electron chi connectivity index (χ3n) is 5.84. The van der Waals surface area contributed by atoms with Crippen LogP contribution in [0, 0.1) is 5.41 Å². The Labute approximate surface area is 137 Å². The van der Waals surface area contributed by atoms with E-state index in [4.69, 9.17) is 28.4 Å². The van der Waals surface area contributed by atoms with Crippen LogP contribution in [0.25, 0.3) is 0 Å². The van der Waals surface area contributed by atoms with Crippen LogP contribution >= 0.6 is 0 Å². The van der Waals surface area contributed by atoms with E-state index >= 15 is 0 Å². The number of fused-ring (bicyclic) bond motifs is 1. The number of ether oxygens (including phenoxy) is 6. The molecule has 0 aliphatic carbocycles. The van der Waals surface area contributed by atoms with Gasteiger partial charge in [-0.25, -0.2) is 0 Å². The molecule has 0 saturated carbocycles. The molecule has 0 bridgehead atoms. The Hall–Kier alpha value is -0.240. The summed E-state index contributed by atoms with van der Waals surface area (Å²) in [5, 5.41) is 0. The van der Waals surface area contributed by atoms with Gasteiger partial charge in [-0.05, 0) is 41.5 Å². The molecule has 0 radical (unpaired) electrons. The Kier molecular flexibility index (Phi) is 3.31. The molecule has 4 saturated heterocycles. The van der Waals surface area contributed by atoms with Crippen molar-refractivity contribution in [1.29, 1.82) is 0 Å². The summed E-state index contributed by atoms with van der Waals surface area (Å²) in [6, 6.07) is 0. The highest BCUT2D eigenvalue weighted by molar-refractivity contribution is 5.19. The fourth-order valence-electron chi connectivity index (χ4n) is 4.53. The third-order valence-corrected chi connectivity index (χ3v) is 5.84. The van der Waals surface area contributed by atoms with Gasteiger partial charge in [0.25, 0.3) is 0 Å². The van der Waals surface area contributed by atoms with E-state index in [1.165, 1.54) is 0 Å². The van der Waals surface area contributed by atoms with Gasteiger partial charge in [0.05, 0.1) is 43.0 Å².